The summed E-state index contributed by atoms with van der Waals surface area (Å²) in [5.41, 5.74) is 0.433. The Morgan fingerprint density at radius 2 is 2.06 bits per heavy atom. The van der Waals surface area contributed by atoms with Crippen molar-refractivity contribution in [2.75, 3.05) is 7.11 Å². The lowest BCUT2D eigenvalue weighted by Crippen LogP contribution is -2.29. The van der Waals surface area contributed by atoms with Crippen LogP contribution in [0.5, 0.6) is 0 Å². The van der Waals surface area contributed by atoms with Gasteiger partial charge in [-0.1, -0.05) is 13.8 Å². The van der Waals surface area contributed by atoms with E-state index in [-0.39, 0.29) is 5.92 Å². The summed E-state index contributed by atoms with van der Waals surface area (Å²) in [5.74, 6) is -1.13. The van der Waals surface area contributed by atoms with Gasteiger partial charge in [0.2, 0.25) is 0 Å². The van der Waals surface area contributed by atoms with Crippen molar-refractivity contribution in [3.63, 3.8) is 0 Å². The number of aromatic nitrogens is 1. The third-order valence-corrected chi connectivity index (χ3v) is 3.72. The number of carbonyl (C=O) groups is 1. The zero-order chi connectivity index (χ0) is 13.9. The number of ether oxygens (including phenoxy) is 1. The molecule has 0 aromatic carbocycles. The highest BCUT2D eigenvalue weighted by Gasteiger charge is 2.33. The lowest BCUT2D eigenvalue weighted by Gasteiger charge is -2.24. The van der Waals surface area contributed by atoms with E-state index in [1.54, 1.807) is 12.3 Å². The summed E-state index contributed by atoms with van der Waals surface area (Å²) in [6, 6.07) is 1.78. The minimum absolute atomic E-state index is 0.0511. The smallest absolute Gasteiger partial charge is 0.311 e. The van der Waals surface area contributed by atoms with Crippen LogP contribution in [0.4, 0.5) is 0 Å². The molecule has 0 fully saturated rings. The molecule has 18 heavy (non-hydrogen) atoms. The van der Waals surface area contributed by atoms with E-state index < -0.39 is 18.0 Å². The van der Waals surface area contributed by atoms with Gasteiger partial charge in [-0.3, -0.25) is 9.78 Å². The number of aliphatic hydroxyl groups excluding tert-OH is 1. The summed E-state index contributed by atoms with van der Waals surface area (Å²) in [4.78, 5) is 15.9. The van der Waals surface area contributed by atoms with Gasteiger partial charge in [0.25, 0.3) is 0 Å². The molecule has 0 aliphatic heterocycles. The van der Waals surface area contributed by atoms with Gasteiger partial charge in [0.1, 0.15) is 6.10 Å². The molecule has 1 rings (SSSR count). The Bertz CT molecular complexity index is 437. The lowest BCUT2D eigenvalue weighted by atomic mass is 9.88. The van der Waals surface area contributed by atoms with Crippen molar-refractivity contribution in [3.05, 3.63) is 26.9 Å². The second-order valence-electron chi connectivity index (χ2n) is 4.26. The number of pyridine rings is 1. The maximum atomic E-state index is 11.7. The van der Waals surface area contributed by atoms with Crippen LogP contribution in [-0.4, -0.2) is 23.2 Å². The van der Waals surface area contributed by atoms with Gasteiger partial charge in [0, 0.05) is 15.1 Å². The zero-order valence-corrected chi connectivity index (χ0v) is 13.5. The summed E-state index contributed by atoms with van der Waals surface area (Å²) in [6.45, 7) is 3.72. The van der Waals surface area contributed by atoms with Gasteiger partial charge in [-0.25, -0.2) is 0 Å². The number of methoxy groups -OCH3 is 1. The first-order valence-corrected chi connectivity index (χ1v) is 7.04. The molecular formula is C12H15Br2NO3. The van der Waals surface area contributed by atoms with Crippen LogP contribution in [-0.2, 0) is 9.53 Å². The number of rotatable bonds is 4. The Balaban J connectivity index is 3.09. The van der Waals surface area contributed by atoms with E-state index in [1.165, 1.54) is 7.11 Å². The summed E-state index contributed by atoms with van der Waals surface area (Å²) < 4.78 is 6.18. The molecule has 6 heteroatoms. The molecule has 0 aliphatic carbocycles. The number of halogens is 2. The van der Waals surface area contributed by atoms with E-state index in [9.17, 15) is 9.90 Å². The SMILES string of the molecule is COC(=O)C(C(C)C)C(O)c1ncc(Br)cc1Br. The van der Waals surface area contributed by atoms with Crippen molar-refractivity contribution in [2.24, 2.45) is 11.8 Å². The standard InChI is InChI=1S/C12H15Br2NO3/c1-6(2)9(12(17)18-3)11(16)10-8(14)4-7(13)5-15-10/h4-6,9,11,16H,1-3H3. The average molecular weight is 381 g/mol. The molecule has 0 amide bonds. The number of nitrogens with zero attached hydrogens (tertiary/aromatic N) is 1. The van der Waals surface area contributed by atoms with Gasteiger partial charge in [0.05, 0.1) is 18.7 Å². The molecule has 2 atom stereocenters. The van der Waals surface area contributed by atoms with Gasteiger partial charge in [0.15, 0.2) is 0 Å². The van der Waals surface area contributed by atoms with E-state index in [0.29, 0.717) is 10.2 Å². The van der Waals surface area contributed by atoms with Crippen LogP contribution in [0.25, 0.3) is 0 Å². The molecule has 1 aromatic heterocycles. The second-order valence-corrected chi connectivity index (χ2v) is 6.03. The van der Waals surface area contributed by atoms with Crippen molar-refractivity contribution in [3.8, 4) is 0 Å². The van der Waals surface area contributed by atoms with Crippen molar-refractivity contribution < 1.29 is 14.6 Å². The van der Waals surface area contributed by atoms with Crippen molar-refractivity contribution in [1.29, 1.82) is 0 Å². The Labute approximate surface area is 123 Å². The topological polar surface area (TPSA) is 59.4 Å². The van der Waals surface area contributed by atoms with Crippen LogP contribution in [0.15, 0.2) is 21.2 Å². The molecule has 0 saturated heterocycles. The second kappa shape index (κ2) is 6.63. The van der Waals surface area contributed by atoms with Crippen molar-refractivity contribution in [1.82, 2.24) is 4.98 Å². The summed E-state index contributed by atoms with van der Waals surface area (Å²) in [5, 5.41) is 10.3. The van der Waals surface area contributed by atoms with E-state index in [4.69, 9.17) is 4.74 Å². The fraction of sp³-hybridized carbons (Fsp3) is 0.500. The number of carbonyl (C=O) groups excluding carboxylic acids is 1. The first kappa shape index (κ1) is 15.6. The molecule has 0 radical (unpaired) electrons. The van der Waals surface area contributed by atoms with Crippen molar-refractivity contribution in [2.45, 2.75) is 20.0 Å². The molecule has 0 spiro atoms. The van der Waals surface area contributed by atoms with Gasteiger partial charge >= 0.3 is 5.97 Å². The highest BCUT2D eigenvalue weighted by molar-refractivity contribution is 9.11. The molecule has 0 saturated carbocycles. The monoisotopic (exact) mass is 379 g/mol. The summed E-state index contributed by atoms with van der Waals surface area (Å²) in [7, 11) is 1.31. The predicted molar refractivity (Wildman–Crippen MR) is 74.9 cm³/mol. The Morgan fingerprint density at radius 3 is 2.50 bits per heavy atom. The molecule has 0 bridgehead atoms. The minimum atomic E-state index is -1.00. The molecule has 0 aliphatic rings. The Morgan fingerprint density at radius 1 is 1.44 bits per heavy atom. The molecule has 1 aromatic rings. The minimum Gasteiger partial charge on any atom is -0.469 e. The molecule has 1 heterocycles. The third-order valence-electron chi connectivity index (χ3n) is 2.65. The zero-order valence-electron chi connectivity index (χ0n) is 10.4. The van der Waals surface area contributed by atoms with E-state index >= 15 is 0 Å². The van der Waals surface area contributed by atoms with Crippen LogP contribution >= 0.6 is 31.9 Å². The largest absolute Gasteiger partial charge is 0.469 e. The highest BCUT2D eigenvalue weighted by atomic mass is 79.9. The lowest BCUT2D eigenvalue weighted by molar-refractivity contribution is -0.152. The third kappa shape index (κ3) is 3.52. The van der Waals surface area contributed by atoms with Crippen LogP contribution < -0.4 is 0 Å². The maximum Gasteiger partial charge on any atom is 0.311 e. The quantitative estimate of drug-likeness (QED) is 0.815. The molecule has 1 N–H and O–H groups in total. The first-order chi connectivity index (χ1) is 8.38. The molecule has 4 nitrogen and oxygen atoms in total. The molecular weight excluding hydrogens is 366 g/mol. The normalized spacial score (nSPS) is 14.4. The van der Waals surface area contributed by atoms with E-state index in [1.807, 2.05) is 13.8 Å². The Kier molecular flexibility index (Phi) is 5.75. The van der Waals surface area contributed by atoms with Crippen LogP contribution in [0.2, 0.25) is 0 Å². The van der Waals surface area contributed by atoms with E-state index in [0.717, 1.165) is 4.47 Å². The molecule has 2 unspecified atom stereocenters. The van der Waals surface area contributed by atoms with Crippen molar-refractivity contribution >= 4 is 37.8 Å². The average Bonchev–Trinajstić information content (AvgIpc) is 2.28. The Hall–Kier alpha value is -0.460. The van der Waals surface area contributed by atoms with Gasteiger partial charge in [-0.05, 0) is 43.8 Å². The number of hydrogen-bond donors (Lipinski definition) is 1. The summed E-state index contributed by atoms with van der Waals surface area (Å²) >= 11 is 6.62. The fourth-order valence-electron chi connectivity index (χ4n) is 1.71. The van der Waals surface area contributed by atoms with E-state index in [2.05, 4.69) is 36.8 Å². The highest BCUT2D eigenvalue weighted by Crippen LogP contribution is 2.33. The maximum absolute atomic E-state index is 11.7. The number of aliphatic hydroxyl groups is 1. The van der Waals surface area contributed by atoms with Gasteiger partial charge < -0.3 is 9.84 Å². The first-order valence-electron chi connectivity index (χ1n) is 5.45. The van der Waals surface area contributed by atoms with Gasteiger partial charge in [-0.15, -0.1) is 0 Å². The van der Waals surface area contributed by atoms with Crippen LogP contribution in [0.1, 0.15) is 25.6 Å². The van der Waals surface area contributed by atoms with Crippen LogP contribution in [0.3, 0.4) is 0 Å². The number of esters is 1. The van der Waals surface area contributed by atoms with Crippen LogP contribution in [0, 0.1) is 11.8 Å². The predicted octanol–water partition coefficient (Wildman–Crippen LogP) is 3.09. The fourth-order valence-corrected chi connectivity index (χ4v) is 2.94. The number of hydrogen-bond acceptors (Lipinski definition) is 4. The van der Waals surface area contributed by atoms with Gasteiger partial charge in [-0.2, -0.15) is 0 Å². The summed E-state index contributed by atoms with van der Waals surface area (Å²) in [6.07, 6.45) is 0.581. The molecule has 100 valence electrons.